The molecule has 4 N–H and O–H groups in total. The average molecular weight is 303 g/mol. The fourth-order valence-electron chi connectivity index (χ4n) is 2.73. The lowest BCUT2D eigenvalue weighted by molar-refractivity contribution is 0.603. The molecule has 0 atom stereocenters. The Bertz CT molecular complexity index is 734. The maximum absolute atomic E-state index is 11.1. The predicted octanol–water partition coefficient (Wildman–Crippen LogP) is 1.88. The van der Waals surface area contributed by atoms with Crippen LogP contribution < -0.4 is 15.2 Å². The Hall–Kier alpha value is -2.05. The monoisotopic (exact) mass is 303 g/mol. The standard InChI is InChI=1S/C15H17N3O2S/c16-21(19,20)18-14-7-3-6-13(10-14)17-15-8-11-4-1-2-5-12(11)9-15/h1-7,10,15,17-18H,8-9H2,(H2,16,19,20). The third-order valence-electron chi connectivity index (χ3n) is 3.54. The van der Waals surface area contributed by atoms with Gasteiger partial charge < -0.3 is 5.32 Å². The van der Waals surface area contributed by atoms with E-state index in [1.54, 1.807) is 18.2 Å². The largest absolute Gasteiger partial charge is 0.382 e. The molecule has 6 heteroatoms. The molecule has 0 fully saturated rings. The summed E-state index contributed by atoms with van der Waals surface area (Å²) in [6.07, 6.45) is 1.95. The topological polar surface area (TPSA) is 84.2 Å². The zero-order chi connectivity index (χ0) is 14.9. The van der Waals surface area contributed by atoms with Gasteiger partial charge in [-0.25, -0.2) is 5.14 Å². The molecule has 2 aromatic rings. The fourth-order valence-corrected chi connectivity index (χ4v) is 3.19. The normalized spacial score (nSPS) is 14.7. The van der Waals surface area contributed by atoms with Crippen LogP contribution in [0.4, 0.5) is 11.4 Å². The lowest BCUT2D eigenvalue weighted by atomic mass is 10.1. The van der Waals surface area contributed by atoms with Crippen molar-refractivity contribution < 1.29 is 8.42 Å². The summed E-state index contributed by atoms with van der Waals surface area (Å²) in [6, 6.07) is 15.8. The summed E-state index contributed by atoms with van der Waals surface area (Å²) in [5, 5.41) is 8.42. The Morgan fingerprint density at radius 3 is 2.19 bits per heavy atom. The van der Waals surface area contributed by atoms with Gasteiger partial charge >= 0.3 is 0 Å². The van der Waals surface area contributed by atoms with Gasteiger partial charge in [-0.1, -0.05) is 30.3 Å². The minimum absolute atomic E-state index is 0.326. The summed E-state index contributed by atoms with van der Waals surface area (Å²) in [4.78, 5) is 0. The molecular weight excluding hydrogens is 286 g/mol. The van der Waals surface area contributed by atoms with Crippen LogP contribution in [0.25, 0.3) is 0 Å². The van der Waals surface area contributed by atoms with Crippen molar-refractivity contribution in [3.63, 3.8) is 0 Å². The van der Waals surface area contributed by atoms with E-state index < -0.39 is 10.2 Å². The molecule has 1 aliphatic rings. The Labute approximate surface area is 124 Å². The molecule has 21 heavy (non-hydrogen) atoms. The third kappa shape index (κ3) is 3.53. The van der Waals surface area contributed by atoms with E-state index in [1.807, 2.05) is 6.07 Å². The molecule has 0 spiro atoms. The fraction of sp³-hybridized carbons (Fsp3) is 0.200. The highest BCUT2D eigenvalue weighted by Crippen LogP contribution is 2.25. The number of nitrogens with two attached hydrogens (primary N) is 1. The molecule has 1 aliphatic carbocycles. The molecule has 0 amide bonds. The van der Waals surface area contributed by atoms with Crippen molar-refractivity contribution in [3.05, 3.63) is 59.7 Å². The molecule has 5 nitrogen and oxygen atoms in total. The zero-order valence-electron chi connectivity index (χ0n) is 11.4. The van der Waals surface area contributed by atoms with Gasteiger partial charge in [-0.2, -0.15) is 8.42 Å². The Balaban J connectivity index is 1.71. The number of nitrogens with one attached hydrogen (secondary N) is 2. The van der Waals surface area contributed by atoms with E-state index in [1.165, 1.54) is 11.1 Å². The number of hydrogen-bond acceptors (Lipinski definition) is 3. The SMILES string of the molecule is NS(=O)(=O)Nc1cccc(NC2Cc3ccccc3C2)c1. The van der Waals surface area contributed by atoms with Crippen LogP contribution in [-0.4, -0.2) is 14.5 Å². The van der Waals surface area contributed by atoms with Crippen LogP contribution >= 0.6 is 0 Å². The molecule has 0 unspecified atom stereocenters. The van der Waals surface area contributed by atoms with E-state index in [0.29, 0.717) is 11.7 Å². The zero-order valence-corrected chi connectivity index (χ0v) is 12.2. The molecule has 3 rings (SSSR count). The first-order chi connectivity index (χ1) is 9.99. The minimum atomic E-state index is -3.74. The van der Waals surface area contributed by atoms with Gasteiger partial charge in [0.05, 0.1) is 5.69 Å². The molecule has 0 bridgehead atoms. The van der Waals surface area contributed by atoms with Crippen LogP contribution in [0.2, 0.25) is 0 Å². The number of fused-ring (bicyclic) bond motifs is 1. The molecule has 0 heterocycles. The van der Waals surface area contributed by atoms with E-state index in [-0.39, 0.29) is 0 Å². The maximum Gasteiger partial charge on any atom is 0.296 e. The highest BCUT2D eigenvalue weighted by molar-refractivity contribution is 7.90. The molecule has 0 radical (unpaired) electrons. The van der Waals surface area contributed by atoms with Crippen LogP contribution in [0, 0.1) is 0 Å². The lowest BCUT2D eigenvalue weighted by Gasteiger charge is -2.14. The van der Waals surface area contributed by atoms with E-state index in [4.69, 9.17) is 5.14 Å². The number of hydrogen-bond donors (Lipinski definition) is 3. The summed E-state index contributed by atoms with van der Waals surface area (Å²) >= 11 is 0. The molecule has 0 saturated heterocycles. The molecule has 110 valence electrons. The van der Waals surface area contributed by atoms with E-state index in [9.17, 15) is 8.42 Å². The smallest absolute Gasteiger partial charge is 0.296 e. The summed E-state index contributed by atoms with van der Waals surface area (Å²) in [5.74, 6) is 0. The first-order valence-corrected chi connectivity index (χ1v) is 8.28. The van der Waals surface area contributed by atoms with Crippen molar-refractivity contribution in [2.75, 3.05) is 10.0 Å². The van der Waals surface area contributed by atoms with Crippen LogP contribution in [-0.2, 0) is 23.1 Å². The van der Waals surface area contributed by atoms with Crippen molar-refractivity contribution in [1.29, 1.82) is 0 Å². The summed E-state index contributed by atoms with van der Waals surface area (Å²) in [5.41, 5.74) is 4.07. The number of anilines is 2. The molecular formula is C15H17N3O2S. The van der Waals surface area contributed by atoms with Crippen LogP contribution in [0.3, 0.4) is 0 Å². The van der Waals surface area contributed by atoms with Crippen LogP contribution in [0.1, 0.15) is 11.1 Å². The van der Waals surface area contributed by atoms with Gasteiger partial charge in [-0.15, -0.1) is 0 Å². The summed E-state index contributed by atoms with van der Waals surface area (Å²) in [7, 11) is -3.74. The second-order valence-corrected chi connectivity index (χ2v) is 6.54. The maximum atomic E-state index is 11.1. The van der Waals surface area contributed by atoms with Crippen LogP contribution in [0.5, 0.6) is 0 Å². The summed E-state index contributed by atoms with van der Waals surface area (Å²) < 4.78 is 24.4. The van der Waals surface area contributed by atoms with Crippen molar-refractivity contribution >= 4 is 21.6 Å². The Kier molecular flexibility index (Phi) is 3.57. The quantitative estimate of drug-likeness (QED) is 0.806. The first-order valence-electron chi connectivity index (χ1n) is 6.73. The van der Waals surface area contributed by atoms with Crippen molar-refractivity contribution in [2.24, 2.45) is 5.14 Å². The second-order valence-electron chi connectivity index (χ2n) is 5.25. The minimum Gasteiger partial charge on any atom is -0.382 e. The molecule has 0 saturated carbocycles. The van der Waals surface area contributed by atoms with Gasteiger partial charge in [-0.3, -0.25) is 4.72 Å². The first kappa shape index (κ1) is 13.9. The van der Waals surface area contributed by atoms with Gasteiger partial charge in [-0.05, 0) is 42.2 Å². The highest BCUT2D eigenvalue weighted by Gasteiger charge is 2.20. The predicted molar refractivity (Wildman–Crippen MR) is 84.4 cm³/mol. The number of rotatable bonds is 4. The molecule has 0 aliphatic heterocycles. The van der Waals surface area contributed by atoms with E-state index >= 15 is 0 Å². The molecule has 0 aromatic heterocycles. The summed E-state index contributed by atoms with van der Waals surface area (Å²) in [6.45, 7) is 0. The van der Waals surface area contributed by atoms with Gasteiger partial charge in [0, 0.05) is 11.7 Å². The van der Waals surface area contributed by atoms with Gasteiger partial charge in [0.1, 0.15) is 0 Å². The van der Waals surface area contributed by atoms with Gasteiger partial charge in [0.25, 0.3) is 10.2 Å². The van der Waals surface area contributed by atoms with Gasteiger partial charge in [0.2, 0.25) is 0 Å². The van der Waals surface area contributed by atoms with Crippen molar-refractivity contribution in [1.82, 2.24) is 0 Å². The van der Waals surface area contributed by atoms with E-state index in [0.717, 1.165) is 18.5 Å². The second kappa shape index (κ2) is 5.38. The lowest BCUT2D eigenvalue weighted by Crippen LogP contribution is -2.22. The average Bonchev–Trinajstić information content (AvgIpc) is 2.79. The van der Waals surface area contributed by atoms with Gasteiger partial charge in [0.15, 0.2) is 0 Å². The highest BCUT2D eigenvalue weighted by atomic mass is 32.2. The number of benzene rings is 2. The van der Waals surface area contributed by atoms with Crippen molar-refractivity contribution in [2.45, 2.75) is 18.9 Å². The third-order valence-corrected chi connectivity index (χ3v) is 4.06. The Morgan fingerprint density at radius 1 is 0.952 bits per heavy atom. The van der Waals surface area contributed by atoms with Crippen LogP contribution in [0.15, 0.2) is 48.5 Å². The van der Waals surface area contributed by atoms with Crippen molar-refractivity contribution in [3.8, 4) is 0 Å². The molecule has 2 aromatic carbocycles. The van der Waals surface area contributed by atoms with E-state index in [2.05, 4.69) is 34.3 Å². The Morgan fingerprint density at radius 2 is 1.57 bits per heavy atom.